The average molecular weight is 317 g/mol. The normalized spacial score (nSPS) is 18.5. The number of hydrogen-bond acceptors (Lipinski definition) is 3. The van der Waals surface area contributed by atoms with Crippen molar-refractivity contribution in [2.45, 2.75) is 44.3 Å². The van der Waals surface area contributed by atoms with Crippen molar-refractivity contribution < 1.29 is 21.6 Å². The van der Waals surface area contributed by atoms with Gasteiger partial charge in [-0.25, -0.2) is 0 Å². The second-order valence-electron chi connectivity index (χ2n) is 5.11. The van der Waals surface area contributed by atoms with Gasteiger partial charge in [-0.3, -0.25) is 0 Å². The summed E-state index contributed by atoms with van der Waals surface area (Å²) < 4.78 is 64.6. The van der Waals surface area contributed by atoms with Gasteiger partial charge in [-0.15, -0.1) is 0 Å². The third kappa shape index (κ3) is 4.57. The minimum Gasteiger partial charge on any atom is -0.317 e. The Balaban J connectivity index is 2.44. The first-order chi connectivity index (χ1) is 9.15. The summed E-state index contributed by atoms with van der Waals surface area (Å²) in [6.45, 7) is 3.67. The maximum absolute atomic E-state index is 12.7. The van der Waals surface area contributed by atoms with Gasteiger partial charge in [0.2, 0.25) is 0 Å². The molecule has 1 aliphatic carbocycles. The zero-order valence-corrected chi connectivity index (χ0v) is 12.6. The lowest BCUT2D eigenvalue weighted by molar-refractivity contribution is -0.161. The van der Waals surface area contributed by atoms with Crippen LogP contribution in [0.4, 0.5) is 13.2 Å². The van der Waals surface area contributed by atoms with E-state index in [0.717, 1.165) is 17.3 Å². The van der Waals surface area contributed by atoms with Crippen molar-refractivity contribution in [2.24, 2.45) is 0 Å². The summed E-state index contributed by atoms with van der Waals surface area (Å²) >= 11 is 0. The summed E-state index contributed by atoms with van der Waals surface area (Å²) in [5.74, 6) is 0. The molecule has 1 aliphatic rings. The van der Waals surface area contributed by atoms with Crippen LogP contribution in [0.25, 0.3) is 0 Å². The van der Waals surface area contributed by atoms with Crippen LogP contribution in [0.2, 0.25) is 0 Å². The van der Waals surface area contributed by atoms with Crippen molar-refractivity contribution >= 4 is 10.2 Å². The van der Waals surface area contributed by atoms with Gasteiger partial charge in [0.1, 0.15) is 5.54 Å². The van der Waals surface area contributed by atoms with E-state index in [2.05, 4.69) is 5.32 Å². The molecule has 0 atom stereocenters. The van der Waals surface area contributed by atoms with E-state index in [0.29, 0.717) is 13.0 Å². The third-order valence-corrected chi connectivity index (χ3v) is 4.93. The Hall–Kier alpha value is -0.380. The molecule has 0 aromatic rings. The van der Waals surface area contributed by atoms with Crippen molar-refractivity contribution in [3.63, 3.8) is 0 Å². The molecule has 1 rings (SSSR count). The van der Waals surface area contributed by atoms with E-state index in [-0.39, 0.29) is 19.4 Å². The highest BCUT2D eigenvalue weighted by Gasteiger charge is 2.65. The lowest BCUT2D eigenvalue weighted by Crippen LogP contribution is -2.52. The van der Waals surface area contributed by atoms with E-state index < -0.39 is 21.9 Å². The zero-order chi connectivity index (χ0) is 15.4. The molecule has 120 valence electrons. The van der Waals surface area contributed by atoms with Gasteiger partial charge in [-0.05, 0) is 38.8 Å². The Kier molecular flexibility index (Phi) is 5.82. The molecule has 9 heteroatoms. The third-order valence-electron chi connectivity index (χ3n) is 3.28. The SMILES string of the molecule is CCCNCCCN(C)S(=O)(=O)NC1(C(F)(F)F)CC1. The molecule has 0 spiro atoms. The van der Waals surface area contributed by atoms with Crippen LogP contribution in [-0.4, -0.2) is 51.1 Å². The van der Waals surface area contributed by atoms with E-state index in [1.807, 2.05) is 6.92 Å². The molecule has 0 heterocycles. The quantitative estimate of drug-likeness (QED) is 0.629. The molecule has 1 saturated carbocycles. The van der Waals surface area contributed by atoms with Gasteiger partial charge in [0.25, 0.3) is 10.2 Å². The Bertz CT molecular complexity index is 408. The van der Waals surface area contributed by atoms with Crippen LogP contribution in [0.1, 0.15) is 32.6 Å². The highest BCUT2D eigenvalue weighted by molar-refractivity contribution is 7.87. The highest BCUT2D eigenvalue weighted by Crippen LogP contribution is 2.49. The fourth-order valence-corrected chi connectivity index (χ4v) is 3.08. The minimum atomic E-state index is -4.54. The van der Waals surface area contributed by atoms with Gasteiger partial charge in [-0.2, -0.15) is 30.6 Å². The molecule has 20 heavy (non-hydrogen) atoms. The second-order valence-corrected chi connectivity index (χ2v) is 6.89. The Morgan fingerprint density at radius 3 is 2.30 bits per heavy atom. The van der Waals surface area contributed by atoms with Crippen LogP contribution in [0.5, 0.6) is 0 Å². The van der Waals surface area contributed by atoms with Crippen LogP contribution >= 0.6 is 0 Å². The highest BCUT2D eigenvalue weighted by atomic mass is 32.2. The molecular weight excluding hydrogens is 295 g/mol. The fourth-order valence-electron chi connectivity index (χ4n) is 1.74. The van der Waals surface area contributed by atoms with Crippen molar-refractivity contribution in [3.05, 3.63) is 0 Å². The molecular formula is C11H22F3N3O2S. The Morgan fingerprint density at radius 2 is 1.85 bits per heavy atom. The summed E-state index contributed by atoms with van der Waals surface area (Å²) in [4.78, 5) is 0. The zero-order valence-electron chi connectivity index (χ0n) is 11.8. The number of rotatable bonds is 9. The molecule has 0 aromatic carbocycles. The van der Waals surface area contributed by atoms with Gasteiger partial charge in [0, 0.05) is 13.6 Å². The molecule has 0 radical (unpaired) electrons. The number of halogens is 3. The van der Waals surface area contributed by atoms with E-state index in [1.165, 1.54) is 7.05 Å². The van der Waals surface area contributed by atoms with Crippen LogP contribution < -0.4 is 10.0 Å². The van der Waals surface area contributed by atoms with E-state index in [4.69, 9.17) is 0 Å². The topological polar surface area (TPSA) is 61.4 Å². The Morgan fingerprint density at radius 1 is 1.25 bits per heavy atom. The fraction of sp³-hybridized carbons (Fsp3) is 1.00. The standard InChI is InChI=1S/C11H22F3N3O2S/c1-3-7-15-8-4-9-17(2)20(18,19)16-10(5-6-10)11(12,13)14/h15-16H,3-9H2,1-2H3. The number of nitrogens with zero attached hydrogens (tertiary/aromatic N) is 1. The van der Waals surface area contributed by atoms with Gasteiger partial charge in [0.05, 0.1) is 0 Å². The van der Waals surface area contributed by atoms with Crippen molar-refractivity contribution in [2.75, 3.05) is 26.7 Å². The van der Waals surface area contributed by atoms with E-state index in [1.54, 1.807) is 4.72 Å². The largest absolute Gasteiger partial charge is 0.407 e. The summed E-state index contributed by atoms with van der Waals surface area (Å²) in [5, 5.41) is 3.10. The first kappa shape index (κ1) is 17.7. The van der Waals surface area contributed by atoms with Gasteiger partial charge >= 0.3 is 6.18 Å². The van der Waals surface area contributed by atoms with Crippen molar-refractivity contribution in [3.8, 4) is 0 Å². The summed E-state index contributed by atoms with van der Waals surface area (Å²) in [5.41, 5.74) is -2.25. The maximum atomic E-state index is 12.7. The monoisotopic (exact) mass is 317 g/mol. The number of alkyl halides is 3. The summed E-state index contributed by atoms with van der Waals surface area (Å²) in [7, 11) is -2.81. The van der Waals surface area contributed by atoms with Crippen LogP contribution in [0, 0.1) is 0 Å². The molecule has 0 saturated heterocycles. The Labute approximate surface area is 118 Å². The molecule has 1 fully saturated rings. The second kappa shape index (κ2) is 6.59. The smallest absolute Gasteiger partial charge is 0.317 e. The van der Waals surface area contributed by atoms with Gasteiger partial charge in [-0.1, -0.05) is 6.92 Å². The van der Waals surface area contributed by atoms with Gasteiger partial charge in [0.15, 0.2) is 0 Å². The lowest BCUT2D eigenvalue weighted by Gasteiger charge is -2.24. The van der Waals surface area contributed by atoms with Crippen LogP contribution in [0.15, 0.2) is 0 Å². The summed E-state index contributed by atoms with van der Waals surface area (Å²) in [6, 6.07) is 0. The molecule has 0 aromatic heterocycles. The molecule has 0 amide bonds. The molecule has 2 N–H and O–H groups in total. The first-order valence-corrected chi connectivity index (χ1v) is 8.11. The van der Waals surface area contributed by atoms with Crippen molar-refractivity contribution in [1.29, 1.82) is 0 Å². The molecule has 0 aliphatic heterocycles. The van der Waals surface area contributed by atoms with Crippen molar-refractivity contribution in [1.82, 2.24) is 14.3 Å². The molecule has 0 bridgehead atoms. The summed E-state index contributed by atoms with van der Waals surface area (Å²) in [6.07, 6.45) is -3.40. The van der Waals surface area contributed by atoms with Crippen LogP contribution in [-0.2, 0) is 10.2 Å². The maximum Gasteiger partial charge on any atom is 0.407 e. The van der Waals surface area contributed by atoms with E-state index in [9.17, 15) is 21.6 Å². The number of hydrogen-bond donors (Lipinski definition) is 2. The lowest BCUT2D eigenvalue weighted by atomic mass is 10.3. The average Bonchev–Trinajstić information content (AvgIpc) is 3.08. The predicted molar refractivity (Wildman–Crippen MR) is 70.5 cm³/mol. The molecule has 5 nitrogen and oxygen atoms in total. The predicted octanol–water partition coefficient (Wildman–Crippen LogP) is 1.24. The number of nitrogens with one attached hydrogen (secondary N) is 2. The minimum absolute atomic E-state index is 0.181. The van der Waals surface area contributed by atoms with Gasteiger partial charge < -0.3 is 5.32 Å². The molecule has 0 unspecified atom stereocenters. The first-order valence-electron chi connectivity index (χ1n) is 6.67. The van der Waals surface area contributed by atoms with Crippen LogP contribution in [0.3, 0.4) is 0 Å². The van der Waals surface area contributed by atoms with E-state index >= 15 is 0 Å².